The van der Waals surface area contributed by atoms with E-state index in [-0.39, 0.29) is 9.89 Å². The number of hydrogen-bond donors (Lipinski definition) is 0. The highest BCUT2D eigenvalue weighted by molar-refractivity contribution is 14.1. The predicted octanol–water partition coefficient (Wildman–Crippen LogP) is 5.05. The fourth-order valence-corrected chi connectivity index (χ4v) is 2.72. The van der Waals surface area contributed by atoms with Crippen LogP contribution in [0.25, 0.3) is 11.1 Å². The molecule has 1 unspecified atom stereocenters. The first-order chi connectivity index (χ1) is 9.63. The first kappa shape index (κ1) is 15.3. The molecule has 0 fully saturated rings. The summed E-state index contributed by atoms with van der Waals surface area (Å²) in [6.07, 6.45) is 0. The van der Waals surface area contributed by atoms with Gasteiger partial charge in [-0.15, -0.1) is 0 Å². The van der Waals surface area contributed by atoms with E-state index in [1.54, 1.807) is 0 Å². The van der Waals surface area contributed by atoms with Crippen LogP contribution in [0.5, 0.6) is 0 Å². The van der Waals surface area contributed by atoms with Gasteiger partial charge in [-0.1, -0.05) is 76.7 Å². The zero-order valence-electron chi connectivity index (χ0n) is 11.0. The number of benzene rings is 2. The number of carbonyl (C=O) groups excluding carboxylic acids is 1. The van der Waals surface area contributed by atoms with Gasteiger partial charge in [0.1, 0.15) is 3.92 Å². The molecule has 2 rings (SSSR count). The van der Waals surface area contributed by atoms with Crippen molar-refractivity contribution in [3.63, 3.8) is 0 Å². The molecule has 0 heterocycles. The summed E-state index contributed by atoms with van der Waals surface area (Å²) in [5.41, 5.74) is 2.95. The first-order valence-corrected chi connectivity index (χ1v) is 7.91. The van der Waals surface area contributed by atoms with Gasteiger partial charge in [-0.2, -0.15) is 0 Å². The van der Waals surface area contributed by atoms with E-state index < -0.39 is 0 Å². The van der Waals surface area contributed by atoms with Crippen LogP contribution < -0.4 is 0 Å². The van der Waals surface area contributed by atoms with E-state index in [0.29, 0.717) is 6.61 Å². The van der Waals surface area contributed by atoms with Crippen LogP contribution in [0, 0.1) is 0 Å². The van der Waals surface area contributed by atoms with Gasteiger partial charge in [0, 0.05) is 10.6 Å². The molecule has 20 heavy (non-hydrogen) atoms. The van der Waals surface area contributed by atoms with Crippen LogP contribution in [0.4, 0.5) is 0 Å². The third-order valence-corrected chi connectivity index (χ3v) is 4.44. The van der Waals surface area contributed by atoms with Crippen molar-refractivity contribution in [3.8, 4) is 11.1 Å². The van der Waals surface area contributed by atoms with Crippen molar-refractivity contribution in [1.82, 2.24) is 0 Å². The molecule has 0 aromatic heterocycles. The summed E-state index contributed by atoms with van der Waals surface area (Å²) in [5.74, 6) is -0.210. The van der Waals surface area contributed by atoms with Crippen LogP contribution in [0.2, 0.25) is 5.02 Å². The van der Waals surface area contributed by atoms with Crippen molar-refractivity contribution < 1.29 is 9.53 Å². The topological polar surface area (TPSA) is 26.3 Å². The van der Waals surface area contributed by atoms with Gasteiger partial charge in [0.2, 0.25) is 0 Å². The number of ether oxygens (including phenoxy) is 1. The molecule has 0 saturated heterocycles. The second-order valence-corrected chi connectivity index (χ2v) is 5.87. The average molecular weight is 401 g/mol. The molecule has 0 aliphatic carbocycles. The van der Waals surface area contributed by atoms with Crippen molar-refractivity contribution in [3.05, 3.63) is 59.1 Å². The number of hydrogen-bond acceptors (Lipinski definition) is 2. The van der Waals surface area contributed by atoms with E-state index >= 15 is 0 Å². The van der Waals surface area contributed by atoms with E-state index in [9.17, 15) is 4.79 Å². The van der Waals surface area contributed by atoms with Crippen LogP contribution in [0.3, 0.4) is 0 Å². The van der Waals surface area contributed by atoms with Crippen molar-refractivity contribution in [2.75, 3.05) is 6.61 Å². The molecule has 104 valence electrons. The molecule has 0 radical (unpaired) electrons. The van der Waals surface area contributed by atoms with Crippen LogP contribution in [0.15, 0.2) is 48.5 Å². The van der Waals surface area contributed by atoms with E-state index in [0.717, 1.165) is 21.7 Å². The lowest BCUT2D eigenvalue weighted by Gasteiger charge is -2.10. The standard InChI is InChI=1S/C16H14ClIO2/c1-2-20-16(19)15(18)12-9-7-11(8-10-12)13-5-3-4-6-14(13)17/h3-10,15H,2H2,1H3. The maximum Gasteiger partial charge on any atom is 0.323 e. The quantitative estimate of drug-likeness (QED) is 0.408. The summed E-state index contributed by atoms with van der Waals surface area (Å²) in [6, 6.07) is 15.5. The van der Waals surface area contributed by atoms with Gasteiger partial charge < -0.3 is 4.74 Å². The first-order valence-electron chi connectivity index (χ1n) is 6.29. The molecule has 2 nitrogen and oxygen atoms in total. The molecule has 0 saturated carbocycles. The lowest BCUT2D eigenvalue weighted by molar-refractivity contribution is -0.142. The molecular weight excluding hydrogens is 387 g/mol. The number of halogens is 2. The van der Waals surface area contributed by atoms with E-state index in [1.165, 1.54) is 0 Å². The van der Waals surface area contributed by atoms with Gasteiger partial charge in [0.15, 0.2) is 0 Å². The Balaban J connectivity index is 2.23. The minimum Gasteiger partial charge on any atom is -0.465 e. The number of alkyl halides is 1. The zero-order valence-corrected chi connectivity index (χ0v) is 13.9. The Labute approximate surface area is 137 Å². The van der Waals surface area contributed by atoms with E-state index in [1.807, 2.05) is 55.5 Å². The minimum atomic E-state index is -0.284. The van der Waals surface area contributed by atoms with Crippen molar-refractivity contribution >= 4 is 40.2 Å². The number of carbonyl (C=O) groups is 1. The molecule has 2 aromatic rings. The molecule has 4 heteroatoms. The van der Waals surface area contributed by atoms with Crippen molar-refractivity contribution in [2.24, 2.45) is 0 Å². The van der Waals surface area contributed by atoms with Gasteiger partial charge in [-0.3, -0.25) is 4.79 Å². The highest BCUT2D eigenvalue weighted by atomic mass is 127. The molecule has 0 aliphatic rings. The summed E-state index contributed by atoms with van der Waals surface area (Å²) in [7, 11) is 0. The van der Waals surface area contributed by atoms with Gasteiger partial charge in [-0.25, -0.2) is 0 Å². The Morgan fingerprint density at radius 2 is 1.85 bits per heavy atom. The van der Waals surface area contributed by atoms with Crippen molar-refractivity contribution in [2.45, 2.75) is 10.8 Å². The summed E-state index contributed by atoms with van der Waals surface area (Å²) in [6.45, 7) is 2.21. The van der Waals surface area contributed by atoms with Gasteiger partial charge in [-0.05, 0) is 24.1 Å². The normalized spacial score (nSPS) is 11.9. The molecule has 0 bridgehead atoms. The Bertz CT molecular complexity index is 596. The van der Waals surface area contributed by atoms with Crippen LogP contribution in [-0.2, 0) is 9.53 Å². The molecular formula is C16H14ClIO2. The lowest BCUT2D eigenvalue weighted by atomic mass is 10.0. The second-order valence-electron chi connectivity index (χ2n) is 4.22. The maximum absolute atomic E-state index is 11.7. The SMILES string of the molecule is CCOC(=O)C(I)c1ccc(-c2ccccc2Cl)cc1. The average Bonchev–Trinajstić information content (AvgIpc) is 2.47. The summed E-state index contributed by atoms with van der Waals surface area (Å²) >= 11 is 8.27. The van der Waals surface area contributed by atoms with Crippen molar-refractivity contribution in [1.29, 1.82) is 0 Å². The molecule has 0 spiro atoms. The zero-order chi connectivity index (χ0) is 14.5. The third-order valence-electron chi connectivity index (χ3n) is 2.88. The number of rotatable bonds is 4. The molecule has 0 aliphatic heterocycles. The molecule has 0 amide bonds. The summed E-state index contributed by atoms with van der Waals surface area (Å²) < 4.78 is 4.74. The largest absolute Gasteiger partial charge is 0.465 e. The minimum absolute atomic E-state index is 0.210. The second kappa shape index (κ2) is 7.09. The van der Waals surface area contributed by atoms with Gasteiger partial charge in [0.05, 0.1) is 6.61 Å². The Morgan fingerprint density at radius 1 is 1.20 bits per heavy atom. The van der Waals surface area contributed by atoms with E-state index in [2.05, 4.69) is 22.6 Å². The smallest absolute Gasteiger partial charge is 0.323 e. The van der Waals surface area contributed by atoms with Crippen LogP contribution in [-0.4, -0.2) is 12.6 Å². The van der Waals surface area contributed by atoms with Crippen LogP contribution >= 0.6 is 34.2 Å². The Morgan fingerprint density at radius 3 is 2.45 bits per heavy atom. The Kier molecular flexibility index (Phi) is 5.43. The fourth-order valence-electron chi connectivity index (χ4n) is 1.88. The summed E-state index contributed by atoms with van der Waals surface area (Å²) in [5, 5.41) is 0.719. The Hall–Kier alpha value is -1.07. The summed E-state index contributed by atoms with van der Waals surface area (Å²) in [4.78, 5) is 11.7. The molecule has 0 N–H and O–H groups in total. The lowest BCUT2D eigenvalue weighted by Crippen LogP contribution is -2.10. The fraction of sp³-hybridized carbons (Fsp3) is 0.188. The maximum atomic E-state index is 11.7. The van der Waals surface area contributed by atoms with Gasteiger partial charge in [0.25, 0.3) is 0 Å². The third kappa shape index (κ3) is 3.52. The molecule has 1 atom stereocenters. The van der Waals surface area contributed by atoms with Gasteiger partial charge >= 0.3 is 5.97 Å². The van der Waals surface area contributed by atoms with E-state index in [4.69, 9.17) is 16.3 Å². The highest BCUT2D eigenvalue weighted by Gasteiger charge is 2.18. The monoisotopic (exact) mass is 400 g/mol. The predicted molar refractivity (Wildman–Crippen MR) is 90.3 cm³/mol. The molecule has 2 aromatic carbocycles. The number of esters is 1. The van der Waals surface area contributed by atoms with Crippen LogP contribution in [0.1, 0.15) is 16.4 Å². The highest BCUT2D eigenvalue weighted by Crippen LogP contribution is 2.30.